The average molecular weight is 486 g/mol. The Balaban J connectivity index is 1.87. The van der Waals surface area contributed by atoms with Gasteiger partial charge in [0.25, 0.3) is 11.6 Å². The van der Waals surface area contributed by atoms with Crippen molar-refractivity contribution in [3.63, 3.8) is 0 Å². The van der Waals surface area contributed by atoms with E-state index in [1.165, 1.54) is 30.5 Å². The molecule has 0 bridgehead atoms. The van der Waals surface area contributed by atoms with Gasteiger partial charge in [0.05, 0.1) is 11.1 Å². The molecule has 1 amide bonds. The molecule has 8 nitrogen and oxygen atoms in total. The number of hydrazone groups is 1. The van der Waals surface area contributed by atoms with Crippen molar-refractivity contribution in [2.45, 2.75) is 25.7 Å². The zero-order valence-corrected chi connectivity index (χ0v) is 18.2. The topological polar surface area (TPSA) is 122 Å². The molecule has 0 saturated carbocycles. The number of benzene rings is 2. The fourth-order valence-corrected chi connectivity index (χ4v) is 3.95. The number of allylic oxidation sites excluding steroid dienone is 2. The summed E-state index contributed by atoms with van der Waals surface area (Å²) in [4.78, 5) is 35.7. The second-order valence-electron chi connectivity index (χ2n) is 7.39. The van der Waals surface area contributed by atoms with E-state index in [0.29, 0.717) is 12.0 Å². The number of aliphatic carboxylic acids is 1. The maximum atomic E-state index is 13.1. The fourth-order valence-electron chi connectivity index (χ4n) is 3.69. The van der Waals surface area contributed by atoms with Crippen molar-refractivity contribution in [1.82, 2.24) is 5.43 Å². The molecule has 0 spiro atoms. The minimum atomic E-state index is -1.71. The van der Waals surface area contributed by atoms with Crippen molar-refractivity contribution in [2.24, 2.45) is 10.5 Å². The van der Waals surface area contributed by atoms with Crippen LogP contribution in [0.4, 0.5) is 5.69 Å². The monoisotopic (exact) mass is 485 g/mol. The summed E-state index contributed by atoms with van der Waals surface area (Å²) in [5.41, 5.74) is 2.90. The Morgan fingerprint density at radius 3 is 2.45 bits per heavy atom. The highest BCUT2D eigenvalue weighted by Crippen LogP contribution is 2.47. The van der Waals surface area contributed by atoms with Gasteiger partial charge in [0.15, 0.2) is 5.41 Å². The highest BCUT2D eigenvalue weighted by molar-refractivity contribution is 9.10. The highest BCUT2D eigenvalue weighted by Gasteiger charge is 2.53. The molecule has 3 rings (SSSR count). The number of nitrogens with one attached hydrogen (secondary N) is 1. The molecule has 0 aliphatic heterocycles. The minimum Gasteiger partial charge on any atom is -0.480 e. The molecular weight excluding hydrogens is 466 g/mol. The molecule has 1 aliphatic carbocycles. The van der Waals surface area contributed by atoms with E-state index in [9.17, 15) is 24.8 Å². The van der Waals surface area contributed by atoms with Crippen molar-refractivity contribution in [1.29, 1.82) is 0 Å². The molecule has 0 fully saturated rings. The lowest BCUT2D eigenvalue weighted by Crippen LogP contribution is -2.50. The number of rotatable bonds is 6. The second-order valence-corrected chi connectivity index (χ2v) is 8.30. The Hall–Kier alpha value is -3.33. The maximum absolute atomic E-state index is 13.1. The molecular formula is C22H20BrN3O5. The number of carboxylic acids is 1. The van der Waals surface area contributed by atoms with E-state index < -0.39 is 28.1 Å². The molecule has 2 atom stereocenters. The van der Waals surface area contributed by atoms with Crippen molar-refractivity contribution in [3.05, 3.63) is 85.9 Å². The van der Waals surface area contributed by atoms with Crippen molar-refractivity contribution in [3.8, 4) is 0 Å². The zero-order chi connectivity index (χ0) is 22.6. The van der Waals surface area contributed by atoms with Crippen LogP contribution in [0.2, 0.25) is 0 Å². The molecule has 0 radical (unpaired) electrons. The first-order valence-electron chi connectivity index (χ1n) is 9.46. The third-order valence-corrected chi connectivity index (χ3v) is 5.96. The number of carbonyl (C=O) groups is 2. The quantitative estimate of drug-likeness (QED) is 0.206. The number of hydrogen-bond acceptors (Lipinski definition) is 5. The summed E-state index contributed by atoms with van der Waals surface area (Å²) < 4.78 is 0.859. The predicted octanol–water partition coefficient (Wildman–Crippen LogP) is 4.40. The Labute approximate surface area is 186 Å². The van der Waals surface area contributed by atoms with Crippen LogP contribution in [0.3, 0.4) is 0 Å². The van der Waals surface area contributed by atoms with Crippen LogP contribution >= 0.6 is 15.9 Å². The average Bonchev–Trinajstić information content (AvgIpc) is 2.74. The molecule has 9 heteroatoms. The number of non-ortho nitro benzene ring substituents is 1. The van der Waals surface area contributed by atoms with Crippen LogP contribution < -0.4 is 5.43 Å². The first kappa shape index (κ1) is 22.4. The van der Waals surface area contributed by atoms with Crippen molar-refractivity contribution in [2.75, 3.05) is 0 Å². The zero-order valence-electron chi connectivity index (χ0n) is 16.6. The Kier molecular flexibility index (Phi) is 6.65. The minimum absolute atomic E-state index is 0.0494. The van der Waals surface area contributed by atoms with Crippen LogP contribution in [0, 0.1) is 15.5 Å². The number of hydrogen-bond donors (Lipinski definition) is 2. The number of halogens is 1. The Bertz CT molecular complexity index is 1060. The first-order chi connectivity index (χ1) is 14.7. The first-order valence-corrected chi connectivity index (χ1v) is 10.3. The SMILES string of the molecule is CC1=CCC(C(=O)O)(C(=O)NN=Cc2ccc([N+](=O)[O-])cc2)C(c2ccc(Br)cc2)C1. The standard InChI is InChI=1S/C22H20BrN3O5/c1-14-10-11-22(21(28)29,19(12-14)16-4-6-17(23)7-5-16)20(27)25-24-13-15-2-8-18(9-3-15)26(30)31/h2-10,13,19H,11-12H2,1H3,(H,25,27)(H,28,29). The van der Waals surface area contributed by atoms with E-state index in [2.05, 4.69) is 26.5 Å². The van der Waals surface area contributed by atoms with Gasteiger partial charge in [-0.05, 0) is 55.2 Å². The van der Waals surface area contributed by atoms with Gasteiger partial charge in [-0.25, -0.2) is 5.43 Å². The molecule has 2 N–H and O–H groups in total. The fraction of sp³-hybridized carbons (Fsp3) is 0.227. The molecule has 2 aromatic carbocycles. The number of carboxylic acid groups (broad SMARTS) is 1. The van der Waals surface area contributed by atoms with Crippen LogP contribution in [-0.2, 0) is 9.59 Å². The number of amides is 1. The third kappa shape index (κ3) is 4.72. The molecule has 1 aliphatic rings. The van der Waals surface area contributed by atoms with Crippen LogP contribution in [0.15, 0.2) is 69.8 Å². The molecule has 0 saturated heterocycles. The van der Waals surface area contributed by atoms with Gasteiger partial charge < -0.3 is 5.11 Å². The summed E-state index contributed by atoms with van der Waals surface area (Å²) in [6.45, 7) is 1.92. The van der Waals surface area contributed by atoms with E-state index in [4.69, 9.17) is 0 Å². The van der Waals surface area contributed by atoms with Crippen molar-refractivity contribution >= 4 is 39.7 Å². The van der Waals surface area contributed by atoms with Gasteiger partial charge in [-0.2, -0.15) is 5.10 Å². The largest absolute Gasteiger partial charge is 0.480 e. The summed E-state index contributed by atoms with van der Waals surface area (Å²) >= 11 is 3.37. The smallest absolute Gasteiger partial charge is 0.320 e. The van der Waals surface area contributed by atoms with E-state index in [-0.39, 0.29) is 12.1 Å². The third-order valence-electron chi connectivity index (χ3n) is 5.44. The predicted molar refractivity (Wildman–Crippen MR) is 119 cm³/mol. The Morgan fingerprint density at radius 2 is 1.87 bits per heavy atom. The molecule has 0 aromatic heterocycles. The van der Waals surface area contributed by atoms with Gasteiger partial charge in [-0.3, -0.25) is 19.7 Å². The molecule has 2 unspecified atom stereocenters. The van der Waals surface area contributed by atoms with E-state index in [0.717, 1.165) is 15.6 Å². The summed E-state index contributed by atoms with van der Waals surface area (Å²) in [6, 6.07) is 12.9. The lowest BCUT2D eigenvalue weighted by molar-refractivity contribution is -0.384. The molecule has 31 heavy (non-hydrogen) atoms. The van der Waals surface area contributed by atoms with Gasteiger partial charge in [-0.15, -0.1) is 0 Å². The number of nitrogens with zero attached hydrogens (tertiary/aromatic N) is 2. The van der Waals surface area contributed by atoms with Crippen LogP contribution in [0.25, 0.3) is 0 Å². The number of nitro benzene ring substituents is 1. The van der Waals surface area contributed by atoms with Crippen LogP contribution in [0.1, 0.15) is 36.8 Å². The van der Waals surface area contributed by atoms with Crippen molar-refractivity contribution < 1.29 is 19.6 Å². The maximum Gasteiger partial charge on any atom is 0.320 e. The van der Waals surface area contributed by atoms with Gasteiger partial charge in [0.2, 0.25) is 0 Å². The summed E-state index contributed by atoms with van der Waals surface area (Å²) in [6.07, 6.45) is 3.58. The van der Waals surface area contributed by atoms with E-state index >= 15 is 0 Å². The van der Waals surface area contributed by atoms with Gasteiger partial charge in [0, 0.05) is 22.5 Å². The summed E-state index contributed by atoms with van der Waals surface area (Å²) in [5, 5.41) is 24.7. The molecule has 160 valence electrons. The van der Waals surface area contributed by atoms with Crippen LogP contribution in [-0.4, -0.2) is 28.1 Å². The molecule has 0 heterocycles. The van der Waals surface area contributed by atoms with Gasteiger partial charge >= 0.3 is 5.97 Å². The Morgan fingerprint density at radius 1 is 1.23 bits per heavy atom. The van der Waals surface area contributed by atoms with E-state index in [1.807, 2.05) is 31.2 Å². The summed E-state index contributed by atoms with van der Waals surface area (Å²) in [5.74, 6) is -2.49. The van der Waals surface area contributed by atoms with Gasteiger partial charge in [0.1, 0.15) is 0 Å². The number of carbonyl (C=O) groups excluding carboxylic acids is 1. The lowest BCUT2D eigenvalue weighted by Gasteiger charge is -2.38. The molecule has 2 aromatic rings. The lowest BCUT2D eigenvalue weighted by atomic mass is 9.64. The van der Waals surface area contributed by atoms with E-state index in [1.54, 1.807) is 6.08 Å². The highest BCUT2D eigenvalue weighted by atomic mass is 79.9. The van der Waals surface area contributed by atoms with Crippen LogP contribution in [0.5, 0.6) is 0 Å². The normalized spacial score (nSPS) is 20.8. The second kappa shape index (κ2) is 9.22. The summed E-state index contributed by atoms with van der Waals surface area (Å²) in [7, 11) is 0. The van der Waals surface area contributed by atoms with Gasteiger partial charge in [-0.1, -0.05) is 39.7 Å². The number of nitro groups is 1.